The second kappa shape index (κ2) is 7.63. The Morgan fingerprint density at radius 1 is 1.25 bits per heavy atom. The van der Waals surface area contributed by atoms with Crippen LogP contribution in [-0.4, -0.2) is 33.0 Å². The molecule has 0 aliphatic carbocycles. The minimum absolute atomic E-state index is 0.380. The summed E-state index contributed by atoms with van der Waals surface area (Å²) in [7, 11) is -3.37. The molecule has 0 amide bonds. The Morgan fingerprint density at radius 2 is 2.04 bits per heavy atom. The number of nitrogens with zero attached hydrogens (tertiary/aromatic N) is 2. The quantitative estimate of drug-likeness (QED) is 0.855. The van der Waals surface area contributed by atoms with Crippen molar-refractivity contribution in [2.24, 2.45) is 5.92 Å². The van der Waals surface area contributed by atoms with Crippen molar-refractivity contribution in [2.75, 3.05) is 24.5 Å². The fraction of sp³-hybridized carbons (Fsp3) is 0.471. The van der Waals surface area contributed by atoms with Gasteiger partial charge in [0.05, 0.1) is 0 Å². The molecular weight excluding hydrogens is 342 g/mol. The average Bonchev–Trinajstić information content (AvgIpc) is 3.11. The van der Waals surface area contributed by atoms with Gasteiger partial charge >= 0.3 is 0 Å². The lowest BCUT2D eigenvalue weighted by Crippen LogP contribution is -2.38. The maximum absolute atomic E-state index is 12.4. The largest absolute Gasteiger partial charge is 0.357 e. The number of rotatable bonds is 6. The zero-order valence-corrected chi connectivity index (χ0v) is 15.4. The van der Waals surface area contributed by atoms with Gasteiger partial charge in [0.15, 0.2) is 0 Å². The molecule has 1 fully saturated rings. The molecule has 1 aliphatic rings. The van der Waals surface area contributed by atoms with Crippen LogP contribution in [0.25, 0.3) is 0 Å². The van der Waals surface area contributed by atoms with Crippen molar-refractivity contribution in [3.05, 3.63) is 41.4 Å². The molecule has 0 atom stereocenters. The molecule has 5 nitrogen and oxygen atoms in total. The molecule has 3 rings (SSSR count). The molecule has 0 radical (unpaired) electrons. The number of nitrogens with one attached hydrogen (secondary N) is 1. The SMILES string of the molecule is CCc1ccc(S(=O)(=O)NCC2CCN(c3ccccn3)CC2)s1. The molecule has 0 bridgehead atoms. The summed E-state index contributed by atoms with van der Waals surface area (Å²) in [6.07, 6.45) is 4.63. The number of hydrogen-bond acceptors (Lipinski definition) is 5. The number of hydrogen-bond donors (Lipinski definition) is 1. The third kappa shape index (κ3) is 4.15. The Balaban J connectivity index is 1.51. The van der Waals surface area contributed by atoms with Crippen LogP contribution >= 0.6 is 11.3 Å². The van der Waals surface area contributed by atoms with Crippen LogP contribution in [0.1, 0.15) is 24.6 Å². The van der Waals surface area contributed by atoms with Crippen molar-refractivity contribution in [3.63, 3.8) is 0 Å². The van der Waals surface area contributed by atoms with Crippen LogP contribution in [0.5, 0.6) is 0 Å². The smallest absolute Gasteiger partial charge is 0.250 e. The number of aryl methyl sites for hydroxylation is 1. The molecule has 3 heterocycles. The predicted octanol–water partition coefficient (Wildman–Crippen LogP) is 2.90. The van der Waals surface area contributed by atoms with Crippen LogP contribution < -0.4 is 9.62 Å². The van der Waals surface area contributed by atoms with E-state index in [-0.39, 0.29) is 0 Å². The summed E-state index contributed by atoms with van der Waals surface area (Å²) in [6, 6.07) is 9.53. The van der Waals surface area contributed by atoms with E-state index < -0.39 is 10.0 Å². The van der Waals surface area contributed by atoms with Gasteiger partial charge in [-0.05, 0) is 49.4 Å². The summed E-state index contributed by atoms with van der Waals surface area (Å²) >= 11 is 1.36. The number of aromatic nitrogens is 1. The van der Waals surface area contributed by atoms with E-state index in [9.17, 15) is 8.42 Å². The molecule has 1 saturated heterocycles. The van der Waals surface area contributed by atoms with Crippen molar-refractivity contribution >= 4 is 27.2 Å². The van der Waals surface area contributed by atoms with Gasteiger partial charge in [-0.25, -0.2) is 18.1 Å². The van der Waals surface area contributed by atoms with Gasteiger partial charge in [0.1, 0.15) is 10.0 Å². The van der Waals surface area contributed by atoms with E-state index in [1.807, 2.05) is 31.2 Å². The van der Waals surface area contributed by atoms with E-state index in [0.29, 0.717) is 16.7 Å². The monoisotopic (exact) mass is 365 g/mol. The van der Waals surface area contributed by atoms with Gasteiger partial charge in [-0.1, -0.05) is 13.0 Å². The van der Waals surface area contributed by atoms with Gasteiger partial charge in [0.25, 0.3) is 0 Å². The summed E-state index contributed by atoms with van der Waals surface area (Å²) in [5.74, 6) is 1.38. The van der Waals surface area contributed by atoms with Crippen molar-refractivity contribution in [1.29, 1.82) is 0 Å². The first-order valence-electron chi connectivity index (χ1n) is 8.33. The zero-order chi connectivity index (χ0) is 17.0. The maximum Gasteiger partial charge on any atom is 0.250 e. The second-order valence-corrected chi connectivity index (χ2v) is 9.21. The van der Waals surface area contributed by atoms with Gasteiger partial charge in [-0.2, -0.15) is 0 Å². The molecule has 0 aromatic carbocycles. The van der Waals surface area contributed by atoms with E-state index in [0.717, 1.165) is 43.0 Å². The predicted molar refractivity (Wildman–Crippen MR) is 98.1 cm³/mol. The highest BCUT2D eigenvalue weighted by molar-refractivity contribution is 7.91. The highest BCUT2D eigenvalue weighted by Gasteiger charge is 2.23. The van der Waals surface area contributed by atoms with Crippen LogP contribution in [0.15, 0.2) is 40.7 Å². The van der Waals surface area contributed by atoms with E-state index >= 15 is 0 Å². The number of piperidine rings is 1. The van der Waals surface area contributed by atoms with Gasteiger partial charge in [0, 0.05) is 30.7 Å². The first kappa shape index (κ1) is 17.4. The van der Waals surface area contributed by atoms with Crippen molar-refractivity contribution in [1.82, 2.24) is 9.71 Å². The van der Waals surface area contributed by atoms with Gasteiger partial charge in [0.2, 0.25) is 10.0 Å². The van der Waals surface area contributed by atoms with Crippen LogP contribution in [0, 0.1) is 5.92 Å². The normalized spacial score (nSPS) is 16.5. The zero-order valence-electron chi connectivity index (χ0n) is 13.8. The lowest BCUT2D eigenvalue weighted by atomic mass is 9.97. The molecule has 7 heteroatoms. The molecular formula is C17H23N3O2S2. The van der Waals surface area contributed by atoms with Gasteiger partial charge in [-0.3, -0.25) is 0 Å². The average molecular weight is 366 g/mol. The van der Waals surface area contributed by atoms with Crippen LogP contribution in [0.4, 0.5) is 5.82 Å². The van der Waals surface area contributed by atoms with E-state index in [4.69, 9.17) is 0 Å². The van der Waals surface area contributed by atoms with Crippen LogP contribution in [0.3, 0.4) is 0 Å². The van der Waals surface area contributed by atoms with E-state index in [1.165, 1.54) is 11.3 Å². The molecule has 2 aromatic heterocycles. The summed E-state index contributed by atoms with van der Waals surface area (Å²) < 4.78 is 27.9. The molecule has 0 unspecified atom stereocenters. The molecule has 1 N–H and O–H groups in total. The fourth-order valence-electron chi connectivity index (χ4n) is 2.90. The summed E-state index contributed by atoms with van der Waals surface area (Å²) in [6.45, 7) is 4.38. The Bertz CT molecular complexity index is 751. The first-order chi connectivity index (χ1) is 11.6. The Hall–Kier alpha value is -1.44. The second-order valence-electron chi connectivity index (χ2n) is 6.04. The molecule has 2 aromatic rings. The highest BCUT2D eigenvalue weighted by atomic mass is 32.2. The fourth-order valence-corrected chi connectivity index (χ4v) is 5.35. The minimum atomic E-state index is -3.37. The van der Waals surface area contributed by atoms with Crippen molar-refractivity contribution < 1.29 is 8.42 Å². The van der Waals surface area contributed by atoms with Gasteiger partial charge < -0.3 is 4.90 Å². The lowest BCUT2D eigenvalue weighted by molar-refractivity contribution is 0.401. The topological polar surface area (TPSA) is 62.3 Å². The van der Waals surface area contributed by atoms with Crippen molar-refractivity contribution in [3.8, 4) is 0 Å². The highest BCUT2D eigenvalue weighted by Crippen LogP contribution is 2.24. The summed E-state index contributed by atoms with van der Waals surface area (Å²) in [5, 5.41) is 0. The number of anilines is 1. The molecule has 0 spiro atoms. The lowest BCUT2D eigenvalue weighted by Gasteiger charge is -2.32. The Kier molecular flexibility index (Phi) is 5.53. The molecule has 24 heavy (non-hydrogen) atoms. The standard InChI is InChI=1S/C17H23N3O2S2/c1-2-15-6-7-17(23-15)24(21,22)19-13-14-8-11-20(12-9-14)16-5-3-4-10-18-16/h3-7,10,14,19H,2,8-9,11-13H2,1H3. The van der Waals surface area contributed by atoms with Crippen LogP contribution in [0.2, 0.25) is 0 Å². The third-order valence-electron chi connectivity index (χ3n) is 4.40. The van der Waals surface area contributed by atoms with Crippen LogP contribution in [-0.2, 0) is 16.4 Å². The van der Waals surface area contributed by atoms with E-state index in [2.05, 4.69) is 14.6 Å². The Morgan fingerprint density at radius 3 is 2.67 bits per heavy atom. The first-order valence-corrected chi connectivity index (χ1v) is 10.6. The number of thiophene rings is 1. The van der Waals surface area contributed by atoms with E-state index in [1.54, 1.807) is 12.3 Å². The molecule has 130 valence electrons. The van der Waals surface area contributed by atoms with Gasteiger partial charge in [-0.15, -0.1) is 11.3 Å². The third-order valence-corrected chi connectivity index (χ3v) is 7.55. The molecule has 1 aliphatic heterocycles. The number of sulfonamides is 1. The molecule has 0 saturated carbocycles. The van der Waals surface area contributed by atoms with Crippen molar-refractivity contribution in [2.45, 2.75) is 30.4 Å². The Labute approximate surface area is 147 Å². The maximum atomic E-state index is 12.4. The minimum Gasteiger partial charge on any atom is -0.357 e. The summed E-state index contributed by atoms with van der Waals surface area (Å²) in [4.78, 5) is 7.74. The summed E-state index contributed by atoms with van der Waals surface area (Å²) in [5.41, 5.74) is 0. The number of pyridine rings is 1.